The van der Waals surface area contributed by atoms with Gasteiger partial charge in [0.2, 0.25) is 0 Å². The maximum absolute atomic E-state index is 12.6. The summed E-state index contributed by atoms with van der Waals surface area (Å²) in [5, 5.41) is 7.18. The van der Waals surface area contributed by atoms with Crippen molar-refractivity contribution in [1.29, 1.82) is 5.41 Å². The molecule has 1 aliphatic heterocycles. The van der Waals surface area contributed by atoms with E-state index in [1.807, 2.05) is 0 Å². The van der Waals surface area contributed by atoms with Crippen LogP contribution in [0, 0.1) is 11.3 Å². The summed E-state index contributed by atoms with van der Waals surface area (Å²) in [6.07, 6.45) is -4.20. The van der Waals surface area contributed by atoms with E-state index in [1.165, 1.54) is 18.7 Å². The quantitative estimate of drug-likeness (QED) is 0.469. The lowest BCUT2D eigenvalue weighted by Crippen LogP contribution is -2.51. The van der Waals surface area contributed by atoms with Crippen LogP contribution in [0.5, 0.6) is 0 Å². The summed E-state index contributed by atoms with van der Waals surface area (Å²) in [6, 6.07) is 0. The van der Waals surface area contributed by atoms with Crippen LogP contribution in [0.3, 0.4) is 0 Å². The third kappa shape index (κ3) is 1.65. The van der Waals surface area contributed by atoms with Gasteiger partial charge in [-0.3, -0.25) is 5.41 Å². The number of guanidine groups is 1. The van der Waals surface area contributed by atoms with E-state index in [4.69, 9.17) is 11.1 Å². The first-order valence-corrected chi connectivity index (χ1v) is 4.35. The largest absolute Gasteiger partial charge is 0.394 e. The van der Waals surface area contributed by atoms with Gasteiger partial charge in [0.25, 0.3) is 0 Å². The molecule has 0 bridgehead atoms. The number of hydrogen-bond donors (Lipinski definition) is 2. The van der Waals surface area contributed by atoms with Crippen molar-refractivity contribution in [3.8, 4) is 0 Å². The summed E-state index contributed by atoms with van der Waals surface area (Å²) in [5.41, 5.74) is 4.11. The van der Waals surface area contributed by atoms with Crippen molar-refractivity contribution in [1.82, 2.24) is 4.90 Å². The molecule has 1 unspecified atom stereocenters. The SMILES string of the molecule is CC1(C)C(C(F)(F)F)CCN1C(=N)N. The van der Waals surface area contributed by atoms with Crippen molar-refractivity contribution < 1.29 is 13.2 Å². The molecule has 0 aromatic carbocycles. The van der Waals surface area contributed by atoms with Gasteiger partial charge in [-0.25, -0.2) is 0 Å². The van der Waals surface area contributed by atoms with Gasteiger partial charge in [0.05, 0.1) is 5.92 Å². The Morgan fingerprint density at radius 3 is 2.21 bits per heavy atom. The molecular weight excluding hydrogens is 195 g/mol. The molecule has 1 rings (SSSR count). The summed E-state index contributed by atoms with van der Waals surface area (Å²) in [7, 11) is 0. The van der Waals surface area contributed by atoms with Crippen molar-refractivity contribution in [2.75, 3.05) is 6.54 Å². The Bertz CT molecular complexity index is 247. The molecule has 1 fully saturated rings. The van der Waals surface area contributed by atoms with Crippen molar-refractivity contribution in [3.05, 3.63) is 0 Å². The molecule has 0 saturated carbocycles. The second kappa shape index (κ2) is 3.03. The highest BCUT2D eigenvalue weighted by molar-refractivity contribution is 5.75. The number of nitrogens with two attached hydrogens (primary N) is 1. The van der Waals surface area contributed by atoms with Crippen molar-refractivity contribution in [2.45, 2.75) is 32.0 Å². The van der Waals surface area contributed by atoms with E-state index >= 15 is 0 Å². The van der Waals surface area contributed by atoms with Crippen LogP contribution in [0.2, 0.25) is 0 Å². The molecule has 3 N–H and O–H groups in total. The lowest BCUT2D eigenvalue weighted by Gasteiger charge is -2.36. The highest BCUT2D eigenvalue weighted by Crippen LogP contribution is 2.44. The molecular formula is C8H14F3N3. The van der Waals surface area contributed by atoms with E-state index in [-0.39, 0.29) is 18.9 Å². The number of halogens is 3. The first kappa shape index (κ1) is 11.1. The molecule has 6 heteroatoms. The summed E-state index contributed by atoms with van der Waals surface area (Å²) in [5.74, 6) is -1.69. The number of nitrogens with one attached hydrogen (secondary N) is 1. The Morgan fingerprint density at radius 2 is 2.00 bits per heavy atom. The molecule has 0 aliphatic carbocycles. The third-order valence-electron chi connectivity index (χ3n) is 2.88. The van der Waals surface area contributed by atoms with E-state index in [9.17, 15) is 13.2 Å². The van der Waals surface area contributed by atoms with Gasteiger partial charge in [-0.15, -0.1) is 0 Å². The minimum atomic E-state index is -4.21. The van der Waals surface area contributed by atoms with Crippen LogP contribution in [-0.4, -0.2) is 29.1 Å². The maximum Gasteiger partial charge on any atom is 0.394 e. The van der Waals surface area contributed by atoms with Crippen LogP contribution in [0.15, 0.2) is 0 Å². The molecule has 14 heavy (non-hydrogen) atoms. The van der Waals surface area contributed by atoms with Crippen LogP contribution < -0.4 is 5.73 Å². The minimum absolute atomic E-state index is 0.01000. The highest BCUT2D eigenvalue weighted by atomic mass is 19.4. The van der Waals surface area contributed by atoms with Crippen LogP contribution in [-0.2, 0) is 0 Å². The summed E-state index contributed by atoms with van der Waals surface area (Å²) in [6.45, 7) is 3.14. The van der Waals surface area contributed by atoms with Crippen LogP contribution in [0.4, 0.5) is 13.2 Å². The Morgan fingerprint density at radius 1 is 1.50 bits per heavy atom. The Kier molecular flexibility index (Phi) is 2.41. The molecule has 0 aromatic heterocycles. The average Bonchev–Trinajstić information content (AvgIpc) is 2.22. The summed E-state index contributed by atoms with van der Waals surface area (Å²) < 4.78 is 37.7. The zero-order chi connectivity index (χ0) is 11.1. The first-order chi connectivity index (χ1) is 6.17. The van der Waals surface area contributed by atoms with E-state index < -0.39 is 17.6 Å². The minimum Gasteiger partial charge on any atom is -0.370 e. The topological polar surface area (TPSA) is 53.1 Å². The molecule has 1 atom stereocenters. The first-order valence-electron chi connectivity index (χ1n) is 4.35. The number of likely N-dealkylation sites (tertiary alicyclic amines) is 1. The molecule has 0 amide bonds. The predicted molar refractivity (Wildman–Crippen MR) is 46.9 cm³/mol. The van der Waals surface area contributed by atoms with Gasteiger partial charge in [0.1, 0.15) is 0 Å². The van der Waals surface area contributed by atoms with Gasteiger partial charge in [0.15, 0.2) is 5.96 Å². The third-order valence-corrected chi connectivity index (χ3v) is 2.88. The van der Waals surface area contributed by atoms with E-state index in [1.54, 1.807) is 0 Å². The molecule has 0 spiro atoms. The predicted octanol–water partition coefficient (Wildman–Crippen LogP) is 1.54. The molecule has 82 valence electrons. The molecule has 0 radical (unpaired) electrons. The van der Waals surface area contributed by atoms with E-state index in [0.717, 1.165) is 0 Å². The molecule has 1 heterocycles. The average molecular weight is 209 g/mol. The van der Waals surface area contributed by atoms with Crippen molar-refractivity contribution >= 4 is 5.96 Å². The second-order valence-electron chi connectivity index (χ2n) is 4.07. The molecule has 3 nitrogen and oxygen atoms in total. The number of hydrogen-bond acceptors (Lipinski definition) is 1. The van der Waals surface area contributed by atoms with Gasteiger partial charge in [-0.05, 0) is 20.3 Å². The molecule has 1 saturated heterocycles. The Hall–Kier alpha value is -0.940. The van der Waals surface area contributed by atoms with Gasteiger partial charge in [0, 0.05) is 12.1 Å². The van der Waals surface area contributed by atoms with Crippen LogP contribution in [0.1, 0.15) is 20.3 Å². The van der Waals surface area contributed by atoms with Gasteiger partial charge in [-0.2, -0.15) is 13.2 Å². The standard InChI is InChI=1S/C8H14F3N3/c1-7(2)5(8(9,10)11)3-4-14(7)6(12)13/h5H,3-4H2,1-2H3,(H3,12,13). The molecule has 1 aliphatic rings. The second-order valence-corrected chi connectivity index (χ2v) is 4.07. The normalized spacial score (nSPS) is 26.6. The van der Waals surface area contributed by atoms with Gasteiger partial charge in [-0.1, -0.05) is 0 Å². The van der Waals surface area contributed by atoms with Crippen molar-refractivity contribution in [3.63, 3.8) is 0 Å². The van der Waals surface area contributed by atoms with Crippen LogP contribution >= 0.6 is 0 Å². The Labute approximate surface area is 80.6 Å². The lowest BCUT2D eigenvalue weighted by molar-refractivity contribution is -0.188. The maximum atomic E-state index is 12.6. The lowest BCUT2D eigenvalue weighted by atomic mass is 9.88. The molecule has 0 aromatic rings. The summed E-state index contributed by atoms with van der Waals surface area (Å²) >= 11 is 0. The zero-order valence-corrected chi connectivity index (χ0v) is 8.15. The van der Waals surface area contributed by atoms with E-state index in [2.05, 4.69) is 0 Å². The fourth-order valence-electron chi connectivity index (χ4n) is 2.08. The highest BCUT2D eigenvalue weighted by Gasteiger charge is 2.55. The van der Waals surface area contributed by atoms with E-state index in [0.29, 0.717) is 0 Å². The number of alkyl halides is 3. The zero-order valence-electron chi connectivity index (χ0n) is 8.15. The fourth-order valence-corrected chi connectivity index (χ4v) is 2.08. The monoisotopic (exact) mass is 209 g/mol. The van der Waals surface area contributed by atoms with Gasteiger partial charge >= 0.3 is 6.18 Å². The fraction of sp³-hybridized carbons (Fsp3) is 0.875. The van der Waals surface area contributed by atoms with Gasteiger partial charge < -0.3 is 10.6 Å². The smallest absolute Gasteiger partial charge is 0.370 e. The van der Waals surface area contributed by atoms with Crippen molar-refractivity contribution in [2.24, 2.45) is 11.7 Å². The number of rotatable bonds is 0. The Balaban J connectivity index is 2.92. The summed E-state index contributed by atoms with van der Waals surface area (Å²) in [4.78, 5) is 1.30. The van der Waals surface area contributed by atoms with Crippen LogP contribution in [0.25, 0.3) is 0 Å². The number of nitrogens with zero attached hydrogens (tertiary/aromatic N) is 1.